The van der Waals surface area contributed by atoms with Gasteiger partial charge in [-0.3, -0.25) is 0 Å². The number of imidazole rings is 1. The van der Waals surface area contributed by atoms with Crippen molar-refractivity contribution in [3.05, 3.63) is 53.3 Å². The van der Waals surface area contributed by atoms with Crippen LogP contribution in [0.15, 0.2) is 52.3 Å². The van der Waals surface area contributed by atoms with Crippen molar-refractivity contribution < 1.29 is 21.6 Å². The number of aromatic nitrogens is 2. The van der Waals surface area contributed by atoms with E-state index in [0.29, 0.717) is 37.6 Å². The molecule has 1 aromatic heterocycles. The third-order valence-electron chi connectivity index (χ3n) is 6.60. The predicted molar refractivity (Wildman–Crippen MR) is 132 cm³/mol. The van der Waals surface area contributed by atoms with Crippen LogP contribution >= 0.6 is 11.6 Å². The molecule has 2 fully saturated rings. The van der Waals surface area contributed by atoms with Gasteiger partial charge < -0.3 is 9.72 Å². The third-order valence-corrected chi connectivity index (χ3v) is 10.2. The number of fused-ring (bicyclic) bond motifs is 1. The lowest BCUT2D eigenvalue weighted by molar-refractivity contribution is 0.114. The zero-order valence-electron chi connectivity index (χ0n) is 19.0. The molecule has 3 heterocycles. The average Bonchev–Trinajstić information content (AvgIpc) is 3.53. The number of sulfonamides is 2. The van der Waals surface area contributed by atoms with Gasteiger partial charge in [0.15, 0.2) is 0 Å². The molecular formula is C23H27ClN4O5S2. The monoisotopic (exact) mass is 538 g/mol. The van der Waals surface area contributed by atoms with Crippen LogP contribution in [-0.2, 0) is 24.8 Å². The van der Waals surface area contributed by atoms with Crippen molar-refractivity contribution in [3.63, 3.8) is 0 Å². The second-order valence-corrected chi connectivity index (χ2v) is 13.1. The van der Waals surface area contributed by atoms with E-state index in [4.69, 9.17) is 16.3 Å². The molecule has 0 saturated carbocycles. The summed E-state index contributed by atoms with van der Waals surface area (Å²) in [7, 11) is -7.48. The number of ether oxygens (including phenoxy) is 1. The van der Waals surface area contributed by atoms with E-state index >= 15 is 0 Å². The van der Waals surface area contributed by atoms with Crippen molar-refractivity contribution in [1.29, 1.82) is 0 Å². The number of benzene rings is 2. The van der Waals surface area contributed by atoms with Crippen molar-refractivity contribution in [3.8, 4) is 0 Å². The average molecular weight is 539 g/mol. The van der Waals surface area contributed by atoms with E-state index in [-0.39, 0.29) is 28.4 Å². The molecule has 2 N–H and O–H groups in total. The summed E-state index contributed by atoms with van der Waals surface area (Å²) in [4.78, 5) is 8.05. The highest BCUT2D eigenvalue weighted by atomic mass is 35.5. The maximum Gasteiger partial charge on any atom is 0.243 e. The van der Waals surface area contributed by atoms with Gasteiger partial charge in [-0.15, -0.1) is 0 Å². The topological polar surface area (TPSA) is 121 Å². The van der Waals surface area contributed by atoms with Gasteiger partial charge in [0.25, 0.3) is 0 Å². The van der Waals surface area contributed by atoms with Crippen LogP contribution < -0.4 is 4.72 Å². The second-order valence-electron chi connectivity index (χ2n) is 8.92. The summed E-state index contributed by atoms with van der Waals surface area (Å²) < 4.78 is 60.9. The predicted octanol–water partition coefficient (Wildman–Crippen LogP) is 3.24. The molecule has 0 aliphatic carbocycles. The maximum absolute atomic E-state index is 13.2. The van der Waals surface area contributed by atoms with E-state index in [0.717, 1.165) is 29.7 Å². The van der Waals surface area contributed by atoms with Gasteiger partial charge in [0.05, 0.1) is 26.9 Å². The number of H-pyrrole nitrogens is 1. The number of halogens is 1. The minimum Gasteiger partial charge on any atom is -0.377 e. The minimum absolute atomic E-state index is 0.0261. The summed E-state index contributed by atoms with van der Waals surface area (Å²) in [5, 5.41) is 0.631. The molecule has 5 rings (SSSR count). The Morgan fingerprint density at radius 3 is 2.43 bits per heavy atom. The molecular weight excluding hydrogens is 512 g/mol. The molecule has 0 bridgehead atoms. The van der Waals surface area contributed by atoms with Crippen molar-refractivity contribution in [2.24, 2.45) is 0 Å². The lowest BCUT2D eigenvalue weighted by atomic mass is 9.97. The molecule has 3 aromatic rings. The van der Waals surface area contributed by atoms with Gasteiger partial charge in [0.1, 0.15) is 5.82 Å². The Labute approximate surface area is 209 Å². The molecule has 0 radical (unpaired) electrons. The Bertz CT molecular complexity index is 1410. The molecule has 1 atom stereocenters. The second kappa shape index (κ2) is 9.79. The van der Waals surface area contributed by atoms with Gasteiger partial charge in [0.2, 0.25) is 20.0 Å². The summed E-state index contributed by atoms with van der Waals surface area (Å²) in [6, 6.07) is 10.8. The highest BCUT2D eigenvalue weighted by Gasteiger charge is 2.31. The first kappa shape index (κ1) is 24.7. The molecule has 2 aromatic carbocycles. The van der Waals surface area contributed by atoms with Crippen LogP contribution in [0.4, 0.5) is 0 Å². The van der Waals surface area contributed by atoms with Gasteiger partial charge >= 0.3 is 0 Å². The number of rotatable bonds is 7. The molecule has 2 aliphatic rings. The Kier molecular flexibility index (Phi) is 6.90. The fraction of sp³-hybridized carbons (Fsp3) is 0.435. The Morgan fingerprint density at radius 1 is 1.03 bits per heavy atom. The zero-order chi connectivity index (χ0) is 24.6. The summed E-state index contributed by atoms with van der Waals surface area (Å²) in [5.41, 5.74) is 1.70. The molecule has 188 valence electrons. The summed E-state index contributed by atoms with van der Waals surface area (Å²) in [6.07, 6.45) is 2.88. The highest BCUT2D eigenvalue weighted by molar-refractivity contribution is 7.89. The van der Waals surface area contributed by atoms with Crippen LogP contribution in [0.1, 0.15) is 37.4 Å². The molecule has 0 spiro atoms. The SMILES string of the molecule is O=S(=O)(NC[C@@H]1CCCO1)c1ccc(S(=O)(=O)N2CCC(c3nc4ccc(Cl)cc4[nH]3)CC2)cc1. The molecule has 12 heteroatoms. The van der Waals surface area contributed by atoms with Gasteiger partial charge in [0, 0.05) is 37.2 Å². The molecule has 0 unspecified atom stereocenters. The Morgan fingerprint density at radius 2 is 1.74 bits per heavy atom. The van der Waals surface area contributed by atoms with E-state index in [1.54, 1.807) is 6.07 Å². The normalized spacial score (nSPS) is 20.5. The van der Waals surface area contributed by atoms with E-state index in [1.165, 1.54) is 28.6 Å². The van der Waals surface area contributed by atoms with Crippen molar-refractivity contribution in [1.82, 2.24) is 19.0 Å². The quantitative estimate of drug-likeness (QED) is 0.476. The molecule has 2 saturated heterocycles. The summed E-state index contributed by atoms with van der Waals surface area (Å²) in [5.74, 6) is 0.958. The van der Waals surface area contributed by atoms with E-state index in [2.05, 4.69) is 14.7 Å². The van der Waals surface area contributed by atoms with Crippen LogP contribution in [-0.4, -0.2) is 63.5 Å². The molecule has 0 amide bonds. The van der Waals surface area contributed by atoms with Crippen LogP contribution in [0.5, 0.6) is 0 Å². The standard InChI is InChI=1S/C23H27ClN4O5S2/c24-17-3-8-21-22(14-17)27-23(26-21)16-9-11-28(12-10-16)35(31,32)20-6-4-19(5-7-20)34(29,30)25-15-18-2-1-13-33-18/h3-8,14,16,18,25H,1-2,9-13,15H2,(H,26,27)/t18-/m0/s1. The van der Waals surface area contributed by atoms with E-state index in [9.17, 15) is 16.8 Å². The largest absolute Gasteiger partial charge is 0.377 e. The summed E-state index contributed by atoms with van der Waals surface area (Å²) in [6.45, 7) is 1.56. The lowest BCUT2D eigenvalue weighted by Gasteiger charge is -2.30. The van der Waals surface area contributed by atoms with Crippen LogP contribution in [0, 0.1) is 0 Å². The van der Waals surface area contributed by atoms with Crippen molar-refractivity contribution in [2.75, 3.05) is 26.2 Å². The van der Waals surface area contributed by atoms with Gasteiger partial charge in [-0.25, -0.2) is 26.5 Å². The Balaban J connectivity index is 1.23. The van der Waals surface area contributed by atoms with Crippen LogP contribution in [0.25, 0.3) is 11.0 Å². The number of piperidine rings is 1. The first-order chi connectivity index (χ1) is 16.7. The van der Waals surface area contributed by atoms with Crippen LogP contribution in [0.2, 0.25) is 5.02 Å². The number of nitrogens with one attached hydrogen (secondary N) is 2. The molecule has 2 aliphatic heterocycles. The van der Waals surface area contributed by atoms with Gasteiger partial charge in [-0.1, -0.05) is 11.6 Å². The smallest absolute Gasteiger partial charge is 0.243 e. The van der Waals surface area contributed by atoms with Gasteiger partial charge in [-0.05, 0) is 68.1 Å². The molecule has 9 nitrogen and oxygen atoms in total. The fourth-order valence-electron chi connectivity index (χ4n) is 4.60. The maximum atomic E-state index is 13.2. The van der Waals surface area contributed by atoms with Crippen molar-refractivity contribution in [2.45, 2.75) is 47.5 Å². The van der Waals surface area contributed by atoms with E-state index in [1.807, 2.05) is 12.1 Å². The number of hydrogen-bond acceptors (Lipinski definition) is 6. The van der Waals surface area contributed by atoms with E-state index < -0.39 is 20.0 Å². The zero-order valence-corrected chi connectivity index (χ0v) is 21.4. The third kappa shape index (κ3) is 5.25. The van der Waals surface area contributed by atoms with Gasteiger partial charge in [-0.2, -0.15) is 4.31 Å². The summed E-state index contributed by atoms with van der Waals surface area (Å²) >= 11 is 6.06. The number of hydrogen-bond donors (Lipinski definition) is 2. The number of nitrogens with zero attached hydrogens (tertiary/aromatic N) is 2. The first-order valence-corrected chi connectivity index (χ1v) is 14.9. The van der Waals surface area contributed by atoms with Crippen molar-refractivity contribution >= 4 is 42.7 Å². The highest BCUT2D eigenvalue weighted by Crippen LogP contribution is 2.31. The minimum atomic E-state index is -3.74. The number of aromatic amines is 1. The van der Waals surface area contributed by atoms with Crippen LogP contribution in [0.3, 0.4) is 0 Å². The first-order valence-electron chi connectivity index (χ1n) is 11.6. The lowest BCUT2D eigenvalue weighted by Crippen LogP contribution is -2.38. The Hall–Kier alpha value is -2.02. The molecule has 35 heavy (non-hydrogen) atoms. The fourth-order valence-corrected chi connectivity index (χ4v) is 7.30.